The Hall–Kier alpha value is -0.860. The zero-order valence-electron chi connectivity index (χ0n) is 32.8. The van der Waals surface area contributed by atoms with Crippen molar-refractivity contribution in [3.05, 3.63) is 0 Å². The molecule has 0 saturated carbocycles. The third kappa shape index (κ3) is 34.8. The first kappa shape index (κ1) is 46.1. The normalized spacial score (nSPS) is 12.8. The summed E-state index contributed by atoms with van der Waals surface area (Å²) in [5, 5.41) is 0. The Morgan fingerprint density at radius 3 is 1.09 bits per heavy atom. The van der Waals surface area contributed by atoms with Gasteiger partial charge in [0, 0.05) is 18.8 Å². The maximum Gasteiger partial charge on any atom is 0.306 e. The van der Waals surface area contributed by atoms with Crippen LogP contribution in [0.15, 0.2) is 0 Å². The number of hydrogen-bond donors (Lipinski definition) is 0. The van der Waals surface area contributed by atoms with E-state index in [0.717, 1.165) is 51.4 Å². The van der Waals surface area contributed by atoms with Gasteiger partial charge in [-0.05, 0) is 45.4 Å². The van der Waals surface area contributed by atoms with E-state index in [0.29, 0.717) is 18.1 Å². The fourth-order valence-electron chi connectivity index (χ4n) is 7.08. The quantitative estimate of drug-likeness (QED) is 0.0486. The molecule has 0 aliphatic rings. The first-order valence-corrected chi connectivity index (χ1v) is 21.8. The standard InChI is InChI=1S/C44H86O3/c1-5-8-11-14-15-16-17-18-19-20-21-22-26-29-34-39-43(45)42(37-32-13-10-7-3)38-33-28-25-23-24-27-30-35-40-44(46)47-41(4)36-31-12-9-6-2/h41-42H,5-40H2,1-4H3. The van der Waals surface area contributed by atoms with Gasteiger partial charge in [0.25, 0.3) is 0 Å². The number of carbonyl (C=O) groups is 2. The van der Waals surface area contributed by atoms with Gasteiger partial charge in [0.2, 0.25) is 0 Å². The van der Waals surface area contributed by atoms with Crippen LogP contribution >= 0.6 is 0 Å². The summed E-state index contributed by atoms with van der Waals surface area (Å²) in [7, 11) is 0. The summed E-state index contributed by atoms with van der Waals surface area (Å²) >= 11 is 0. The van der Waals surface area contributed by atoms with Crippen molar-refractivity contribution in [1.29, 1.82) is 0 Å². The van der Waals surface area contributed by atoms with Crippen LogP contribution < -0.4 is 0 Å². The van der Waals surface area contributed by atoms with Gasteiger partial charge >= 0.3 is 5.97 Å². The Morgan fingerprint density at radius 2 is 0.681 bits per heavy atom. The molecule has 0 bridgehead atoms. The van der Waals surface area contributed by atoms with E-state index in [2.05, 4.69) is 20.8 Å². The summed E-state index contributed by atoms with van der Waals surface area (Å²) in [4.78, 5) is 25.2. The van der Waals surface area contributed by atoms with Gasteiger partial charge in [-0.1, -0.05) is 201 Å². The number of rotatable bonds is 39. The maximum atomic E-state index is 13.2. The molecule has 0 N–H and O–H groups in total. The summed E-state index contributed by atoms with van der Waals surface area (Å²) in [6.07, 6.45) is 45.0. The monoisotopic (exact) mass is 663 g/mol. The maximum absolute atomic E-state index is 13.2. The minimum atomic E-state index is -0.00799. The number of Topliss-reactive ketones (excluding diaryl/α,β-unsaturated/α-hetero) is 1. The van der Waals surface area contributed by atoms with Gasteiger partial charge in [0.15, 0.2) is 0 Å². The third-order valence-electron chi connectivity index (χ3n) is 10.4. The van der Waals surface area contributed by atoms with Crippen molar-refractivity contribution in [2.75, 3.05) is 0 Å². The predicted octanol–water partition coefficient (Wildman–Crippen LogP) is 15.2. The molecule has 0 radical (unpaired) electrons. The van der Waals surface area contributed by atoms with Crippen LogP contribution in [0.4, 0.5) is 0 Å². The van der Waals surface area contributed by atoms with Crippen LogP contribution in [0.3, 0.4) is 0 Å². The van der Waals surface area contributed by atoms with E-state index in [-0.39, 0.29) is 12.1 Å². The van der Waals surface area contributed by atoms with E-state index in [9.17, 15) is 9.59 Å². The van der Waals surface area contributed by atoms with E-state index in [1.54, 1.807) is 0 Å². The highest BCUT2D eigenvalue weighted by Crippen LogP contribution is 2.23. The van der Waals surface area contributed by atoms with Crippen molar-refractivity contribution in [3.8, 4) is 0 Å². The number of carbonyl (C=O) groups excluding carboxylic acids is 2. The molecule has 3 heteroatoms. The Labute approximate surface area is 296 Å². The van der Waals surface area contributed by atoms with Gasteiger partial charge in [-0.25, -0.2) is 0 Å². The first-order valence-electron chi connectivity index (χ1n) is 21.8. The fourth-order valence-corrected chi connectivity index (χ4v) is 7.08. The molecule has 0 heterocycles. The van der Waals surface area contributed by atoms with Crippen LogP contribution in [0.1, 0.15) is 259 Å². The lowest BCUT2D eigenvalue weighted by atomic mass is 9.88. The van der Waals surface area contributed by atoms with E-state index >= 15 is 0 Å². The summed E-state index contributed by atoms with van der Waals surface area (Å²) in [5.41, 5.74) is 0. The molecular formula is C44H86O3. The number of unbranched alkanes of at least 4 members (excludes halogenated alkanes) is 27. The summed E-state index contributed by atoms with van der Waals surface area (Å²) in [5.74, 6) is 0.879. The van der Waals surface area contributed by atoms with Crippen molar-refractivity contribution in [2.45, 2.75) is 265 Å². The van der Waals surface area contributed by atoms with E-state index in [4.69, 9.17) is 4.74 Å². The summed E-state index contributed by atoms with van der Waals surface area (Å²) < 4.78 is 5.58. The number of esters is 1. The second-order valence-electron chi connectivity index (χ2n) is 15.2. The smallest absolute Gasteiger partial charge is 0.306 e. The average molecular weight is 663 g/mol. The topological polar surface area (TPSA) is 43.4 Å². The lowest BCUT2D eigenvalue weighted by molar-refractivity contribution is -0.148. The van der Waals surface area contributed by atoms with Gasteiger partial charge in [-0.15, -0.1) is 0 Å². The number of ketones is 1. The fraction of sp³-hybridized carbons (Fsp3) is 0.955. The van der Waals surface area contributed by atoms with Gasteiger partial charge in [-0.3, -0.25) is 9.59 Å². The Morgan fingerprint density at radius 1 is 0.383 bits per heavy atom. The molecule has 0 rings (SSSR count). The molecular weight excluding hydrogens is 576 g/mol. The van der Waals surface area contributed by atoms with Gasteiger partial charge in [0.1, 0.15) is 5.78 Å². The molecule has 47 heavy (non-hydrogen) atoms. The second-order valence-corrected chi connectivity index (χ2v) is 15.2. The van der Waals surface area contributed by atoms with Crippen molar-refractivity contribution >= 4 is 11.8 Å². The molecule has 0 aliphatic heterocycles. The Bertz CT molecular complexity index is 644. The van der Waals surface area contributed by atoms with Crippen molar-refractivity contribution in [2.24, 2.45) is 5.92 Å². The van der Waals surface area contributed by atoms with E-state index in [1.807, 2.05) is 6.92 Å². The highest BCUT2D eigenvalue weighted by Gasteiger charge is 2.17. The zero-order chi connectivity index (χ0) is 34.5. The molecule has 0 aromatic heterocycles. The van der Waals surface area contributed by atoms with Crippen LogP contribution in [-0.2, 0) is 14.3 Å². The van der Waals surface area contributed by atoms with Crippen LogP contribution in [0, 0.1) is 5.92 Å². The van der Waals surface area contributed by atoms with Crippen molar-refractivity contribution < 1.29 is 14.3 Å². The van der Waals surface area contributed by atoms with Crippen LogP contribution in [-0.4, -0.2) is 17.9 Å². The molecule has 0 amide bonds. The lowest BCUT2D eigenvalue weighted by Crippen LogP contribution is -2.14. The van der Waals surface area contributed by atoms with Crippen molar-refractivity contribution in [1.82, 2.24) is 0 Å². The lowest BCUT2D eigenvalue weighted by Gasteiger charge is -2.16. The minimum absolute atomic E-state index is 0.00799. The molecule has 2 atom stereocenters. The molecule has 3 nitrogen and oxygen atoms in total. The average Bonchev–Trinajstić information content (AvgIpc) is 3.06. The minimum Gasteiger partial charge on any atom is -0.463 e. The SMILES string of the molecule is CCCCCCCCCCCCCCCCCC(=O)C(CCCCCC)CCCCCCCCCCC(=O)OC(C)CCCCCC. The third-order valence-corrected chi connectivity index (χ3v) is 10.4. The molecule has 0 saturated heterocycles. The second kappa shape index (κ2) is 38.0. The largest absolute Gasteiger partial charge is 0.463 e. The molecule has 0 aromatic carbocycles. The van der Waals surface area contributed by atoms with Gasteiger partial charge < -0.3 is 4.74 Å². The Kier molecular flexibility index (Phi) is 37.3. The van der Waals surface area contributed by atoms with Crippen molar-refractivity contribution in [3.63, 3.8) is 0 Å². The van der Waals surface area contributed by atoms with Crippen LogP contribution in [0.2, 0.25) is 0 Å². The highest BCUT2D eigenvalue weighted by atomic mass is 16.5. The molecule has 0 aliphatic carbocycles. The molecule has 280 valence electrons. The number of ether oxygens (including phenoxy) is 1. The zero-order valence-corrected chi connectivity index (χ0v) is 32.8. The molecule has 0 fully saturated rings. The number of hydrogen-bond acceptors (Lipinski definition) is 3. The Balaban J connectivity index is 3.85. The molecule has 0 aromatic rings. The summed E-state index contributed by atoms with van der Waals surface area (Å²) in [6.45, 7) is 8.82. The molecule has 0 spiro atoms. The van der Waals surface area contributed by atoms with Gasteiger partial charge in [0.05, 0.1) is 6.10 Å². The predicted molar refractivity (Wildman–Crippen MR) is 207 cm³/mol. The molecule has 2 unspecified atom stereocenters. The van der Waals surface area contributed by atoms with E-state index < -0.39 is 0 Å². The van der Waals surface area contributed by atoms with Gasteiger partial charge in [-0.2, -0.15) is 0 Å². The van der Waals surface area contributed by atoms with Crippen LogP contribution in [0.5, 0.6) is 0 Å². The summed E-state index contributed by atoms with van der Waals surface area (Å²) in [6, 6.07) is 0. The highest BCUT2D eigenvalue weighted by molar-refractivity contribution is 5.80. The van der Waals surface area contributed by atoms with E-state index in [1.165, 1.54) is 173 Å². The first-order chi connectivity index (χ1) is 23.0. The van der Waals surface area contributed by atoms with Crippen LogP contribution in [0.25, 0.3) is 0 Å².